The van der Waals surface area contributed by atoms with Gasteiger partial charge in [-0.25, -0.2) is 4.63 Å². The Kier molecular flexibility index (Phi) is 2.77. The van der Waals surface area contributed by atoms with E-state index in [-0.39, 0.29) is 11.6 Å². The minimum absolute atomic E-state index is 0.187. The maximum atomic E-state index is 11.0. The Balaban J connectivity index is 2.76. The highest BCUT2D eigenvalue weighted by Gasteiger charge is 2.13. The van der Waals surface area contributed by atoms with E-state index in [1.165, 1.54) is 0 Å². The number of nitrogens with zero attached hydrogens (tertiary/aromatic N) is 2. The molecule has 0 unspecified atom stereocenters. The average molecular weight is 191 g/mol. The van der Waals surface area contributed by atoms with Crippen molar-refractivity contribution in [1.82, 2.24) is 15.0 Å². The summed E-state index contributed by atoms with van der Waals surface area (Å²) >= 11 is 3.73. The Labute approximate surface area is 71.8 Å². The first-order chi connectivity index (χ1) is 5.25. The van der Waals surface area contributed by atoms with Gasteiger partial charge in [0.15, 0.2) is 5.69 Å². The van der Waals surface area contributed by atoms with Gasteiger partial charge in [-0.3, -0.25) is 9.52 Å². The summed E-state index contributed by atoms with van der Waals surface area (Å²) in [5.74, 6) is -0.358. The maximum Gasteiger partial charge on any atom is 0.285 e. The molecule has 1 aromatic rings. The van der Waals surface area contributed by atoms with Gasteiger partial charge >= 0.3 is 0 Å². The Bertz CT molecular complexity index is 262. The summed E-state index contributed by atoms with van der Waals surface area (Å²) in [4.78, 5) is 11.0. The molecule has 0 spiro atoms. The van der Waals surface area contributed by atoms with Crippen molar-refractivity contribution in [2.45, 2.75) is 6.92 Å². The second-order valence-corrected chi connectivity index (χ2v) is 2.66. The van der Waals surface area contributed by atoms with Gasteiger partial charge in [0.25, 0.3) is 5.91 Å². The predicted molar refractivity (Wildman–Crippen MR) is 43.1 cm³/mol. The molecule has 1 amide bonds. The summed E-state index contributed by atoms with van der Waals surface area (Å²) < 4.78 is 6.69. The summed E-state index contributed by atoms with van der Waals surface area (Å²) in [6.45, 7) is 1.63. The lowest BCUT2D eigenvalue weighted by molar-refractivity contribution is 0.0975. The number of aryl methyl sites for hydroxylation is 1. The highest BCUT2D eigenvalue weighted by molar-refractivity contribution is 8.68. The zero-order valence-corrected chi connectivity index (χ0v) is 7.28. The number of thiol groups is 1. The van der Waals surface area contributed by atoms with E-state index in [1.54, 1.807) is 6.92 Å². The molecule has 1 N–H and O–H groups in total. The van der Waals surface area contributed by atoms with Gasteiger partial charge in [0.05, 0.1) is 0 Å². The summed E-state index contributed by atoms with van der Waals surface area (Å²) in [6.07, 6.45) is 0. The van der Waals surface area contributed by atoms with Gasteiger partial charge in [0, 0.05) is 11.0 Å². The quantitative estimate of drug-likeness (QED) is 0.407. The van der Waals surface area contributed by atoms with Gasteiger partial charge < -0.3 is 0 Å². The standard InChI is InChI=1S/C4H5N3O2S2/c1-2-3(6-9-5-2)4(8)7-11-10/h10H,1H3,(H,7,8). The molecule has 0 atom stereocenters. The smallest absolute Gasteiger partial charge is 0.285 e. The molecule has 7 heteroatoms. The number of nitrogens with one attached hydrogen (secondary N) is 1. The number of amides is 1. The minimum atomic E-state index is -0.358. The van der Waals surface area contributed by atoms with Crippen LogP contribution in [-0.2, 0) is 0 Å². The van der Waals surface area contributed by atoms with E-state index in [2.05, 4.69) is 31.3 Å². The lowest BCUT2D eigenvalue weighted by atomic mass is 10.3. The summed E-state index contributed by atoms with van der Waals surface area (Å²) in [5, 5.41) is 6.83. The van der Waals surface area contributed by atoms with Crippen LogP contribution < -0.4 is 4.72 Å². The van der Waals surface area contributed by atoms with E-state index in [4.69, 9.17) is 0 Å². The van der Waals surface area contributed by atoms with Gasteiger partial charge in [0.1, 0.15) is 5.69 Å². The van der Waals surface area contributed by atoms with Gasteiger partial charge in [-0.15, -0.1) is 0 Å². The SMILES string of the molecule is Cc1nonc1C(=O)NSS. The average Bonchev–Trinajstić information content (AvgIpc) is 2.36. The third-order valence-corrected chi connectivity index (χ3v) is 1.56. The van der Waals surface area contributed by atoms with Gasteiger partial charge in [-0.2, -0.15) is 0 Å². The molecule has 0 radical (unpaired) electrons. The molecule has 11 heavy (non-hydrogen) atoms. The topological polar surface area (TPSA) is 68.0 Å². The van der Waals surface area contributed by atoms with E-state index >= 15 is 0 Å². The molecule has 1 aromatic heterocycles. The lowest BCUT2D eigenvalue weighted by Crippen LogP contribution is -2.15. The molecule has 0 aliphatic rings. The van der Waals surface area contributed by atoms with Crippen molar-refractivity contribution < 1.29 is 9.42 Å². The molecule has 1 heterocycles. The fourth-order valence-electron chi connectivity index (χ4n) is 0.527. The highest BCUT2D eigenvalue weighted by atomic mass is 33.1. The van der Waals surface area contributed by atoms with Crippen LogP contribution in [0.1, 0.15) is 16.2 Å². The Hall–Kier alpha value is -0.690. The van der Waals surface area contributed by atoms with E-state index in [1.807, 2.05) is 0 Å². The van der Waals surface area contributed by atoms with Crippen LogP contribution in [-0.4, -0.2) is 16.2 Å². The Morgan fingerprint density at radius 2 is 2.45 bits per heavy atom. The van der Waals surface area contributed by atoms with Crippen molar-refractivity contribution in [1.29, 1.82) is 0 Å². The van der Waals surface area contributed by atoms with Crippen molar-refractivity contribution in [3.05, 3.63) is 11.4 Å². The van der Waals surface area contributed by atoms with E-state index in [9.17, 15) is 4.79 Å². The van der Waals surface area contributed by atoms with Crippen molar-refractivity contribution in [3.63, 3.8) is 0 Å². The van der Waals surface area contributed by atoms with Gasteiger partial charge in [0.2, 0.25) is 0 Å². The van der Waals surface area contributed by atoms with Crippen LogP contribution in [0.4, 0.5) is 0 Å². The number of aromatic nitrogens is 2. The third-order valence-electron chi connectivity index (χ3n) is 1.01. The molecule has 0 aliphatic carbocycles. The molecular formula is C4H5N3O2S2. The predicted octanol–water partition coefficient (Wildman–Crippen LogP) is 0.601. The molecule has 5 nitrogen and oxygen atoms in total. The monoisotopic (exact) mass is 191 g/mol. The first-order valence-corrected chi connectivity index (χ1v) is 4.52. The fraction of sp³-hybridized carbons (Fsp3) is 0.250. The summed E-state index contributed by atoms with van der Waals surface area (Å²) in [6, 6.07) is 0. The fourth-order valence-corrected chi connectivity index (χ4v) is 0.956. The molecule has 0 fully saturated rings. The lowest BCUT2D eigenvalue weighted by Gasteiger charge is -1.93. The molecule has 1 rings (SSSR count). The number of hydrogen-bond acceptors (Lipinski definition) is 6. The zero-order valence-electron chi connectivity index (χ0n) is 5.57. The molecular weight excluding hydrogens is 186 g/mol. The molecule has 0 aromatic carbocycles. The van der Waals surface area contributed by atoms with Crippen LogP contribution in [0.2, 0.25) is 0 Å². The van der Waals surface area contributed by atoms with E-state index in [0.29, 0.717) is 5.69 Å². The second-order valence-electron chi connectivity index (χ2n) is 1.72. The van der Waals surface area contributed by atoms with Crippen molar-refractivity contribution in [2.24, 2.45) is 0 Å². The van der Waals surface area contributed by atoms with Crippen molar-refractivity contribution in [3.8, 4) is 0 Å². The van der Waals surface area contributed by atoms with Crippen molar-refractivity contribution >= 4 is 28.5 Å². The van der Waals surface area contributed by atoms with Crippen LogP contribution >= 0.6 is 22.6 Å². The summed E-state index contributed by atoms with van der Waals surface area (Å²) in [5.41, 5.74) is 0.649. The molecule has 0 bridgehead atoms. The van der Waals surface area contributed by atoms with E-state index in [0.717, 1.165) is 11.0 Å². The molecule has 60 valence electrons. The van der Waals surface area contributed by atoms with Gasteiger partial charge in [-0.1, -0.05) is 16.8 Å². The van der Waals surface area contributed by atoms with Crippen LogP contribution in [0.5, 0.6) is 0 Å². The summed E-state index contributed by atoms with van der Waals surface area (Å²) in [7, 11) is 0.902. The Morgan fingerprint density at radius 1 is 1.73 bits per heavy atom. The van der Waals surface area contributed by atoms with E-state index < -0.39 is 0 Å². The normalized spacial score (nSPS) is 9.64. The second kappa shape index (κ2) is 3.63. The van der Waals surface area contributed by atoms with Crippen molar-refractivity contribution in [2.75, 3.05) is 0 Å². The first kappa shape index (κ1) is 8.41. The van der Waals surface area contributed by atoms with Gasteiger partial charge in [-0.05, 0) is 12.1 Å². The number of carbonyl (C=O) groups is 1. The maximum absolute atomic E-state index is 11.0. The zero-order chi connectivity index (χ0) is 8.27. The third kappa shape index (κ3) is 1.87. The Morgan fingerprint density at radius 3 is 2.91 bits per heavy atom. The molecule has 0 aliphatic heterocycles. The van der Waals surface area contributed by atoms with Crippen LogP contribution in [0.25, 0.3) is 0 Å². The minimum Gasteiger partial charge on any atom is -0.285 e. The van der Waals surface area contributed by atoms with Crippen LogP contribution in [0.3, 0.4) is 0 Å². The largest absolute Gasteiger partial charge is 0.285 e. The number of hydrogen-bond donors (Lipinski definition) is 2. The highest BCUT2D eigenvalue weighted by Crippen LogP contribution is 2.04. The molecule has 0 saturated carbocycles. The van der Waals surface area contributed by atoms with Crippen LogP contribution in [0, 0.1) is 6.92 Å². The molecule has 0 saturated heterocycles. The van der Waals surface area contributed by atoms with Crippen LogP contribution in [0.15, 0.2) is 4.63 Å². The number of rotatable bonds is 2. The number of carbonyl (C=O) groups excluding carboxylic acids is 1. The first-order valence-electron chi connectivity index (χ1n) is 2.65.